The van der Waals surface area contributed by atoms with Crippen molar-refractivity contribution in [2.75, 3.05) is 0 Å². The number of hydrogen-bond acceptors (Lipinski definition) is 2. The fraction of sp³-hybridized carbons (Fsp3) is 0.692. The summed E-state index contributed by atoms with van der Waals surface area (Å²) >= 11 is 0. The molecular weight excluding hydrogens is 188 g/mol. The van der Waals surface area contributed by atoms with E-state index in [2.05, 4.69) is 26.5 Å². The molecule has 0 unspecified atom stereocenters. The average molecular weight is 212 g/mol. The summed E-state index contributed by atoms with van der Waals surface area (Å²) in [6.07, 6.45) is 5.47. The van der Waals surface area contributed by atoms with Crippen molar-refractivity contribution in [2.45, 2.75) is 52.7 Å². The van der Waals surface area contributed by atoms with Crippen molar-refractivity contribution in [2.24, 2.45) is 5.92 Å². The monoisotopic (exact) mass is 212 g/mol. The first-order valence-corrected chi connectivity index (χ1v) is 5.64. The minimum Gasteiger partial charge on any atom is -0.368 e. The molecule has 2 heteroatoms. The van der Waals surface area contributed by atoms with Crippen molar-refractivity contribution in [3.05, 3.63) is 23.8 Å². The molecule has 1 rings (SSSR count). The molecule has 15 heavy (non-hydrogen) atoms. The summed E-state index contributed by atoms with van der Waals surface area (Å²) in [7, 11) is 0. The van der Waals surface area contributed by atoms with Crippen LogP contribution in [0.1, 0.15) is 46.5 Å². The van der Waals surface area contributed by atoms with Crippen LogP contribution in [0, 0.1) is 5.92 Å². The van der Waals surface area contributed by atoms with Crippen molar-refractivity contribution >= 4 is 0 Å². The number of rotatable bonds is 2. The van der Waals surface area contributed by atoms with Gasteiger partial charge in [0, 0.05) is 0 Å². The van der Waals surface area contributed by atoms with Crippen LogP contribution < -0.4 is 0 Å². The lowest BCUT2D eigenvalue weighted by Crippen LogP contribution is -2.04. The van der Waals surface area contributed by atoms with E-state index in [1.54, 1.807) is 12.5 Å². The molecule has 0 saturated carbocycles. The first-order valence-electron chi connectivity index (χ1n) is 5.64. The number of aliphatic hydroxyl groups is 2. The van der Waals surface area contributed by atoms with E-state index in [1.165, 1.54) is 24.8 Å². The van der Waals surface area contributed by atoms with Gasteiger partial charge in [0.1, 0.15) is 0 Å². The van der Waals surface area contributed by atoms with E-state index in [9.17, 15) is 0 Å². The van der Waals surface area contributed by atoms with Crippen LogP contribution in [0.15, 0.2) is 23.8 Å². The molecule has 88 valence electrons. The third-order valence-corrected chi connectivity index (χ3v) is 2.70. The van der Waals surface area contributed by atoms with Crippen LogP contribution in [0.4, 0.5) is 0 Å². The van der Waals surface area contributed by atoms with Gasteiger partial charge in [-0.1, -0.05) is 30.7 Å². The second-order valence-electron chi connectivity index (χ2n) is 4.26. The van der Waals surface area contributed by atoms with Crippen molar-refractivity contribution in [3.63, 3.8) is 0 Å². The molecule has 1 atom stereocenters. The van der Waals surface area contributed by atoms with Crippen LogP contribution >= 0.6 is 0 Å². The molecule has 0 heterocycles. The molecular formula is C13H24O2. The van der Waals surface area contributed by atoms with Crippen molar-refractivity contribution in [3.8, 4) is 0 Å². The minimum absolute atomic E-state index is 0.417. The lowest BCUT2D eigenvalue weighted by molar-refractivity contribution is -0.0413. The third-order valence-electron chi connectivity index (χ3n) is 2.70. The Balaban J connectivity index is 0.000000336. The summed E-state index contributed by atoms with van der Waals surface area (Å²) < 4.78 is 0. The van der Waals surface area contributed by atoms with Gasteiger partial charge < -0.3 is 10.2 Å². The highest BCUT2D eigenvalue weighted by Crippen LogP contribution is 2.27. The van der Waals surface area contributed by atoms with Crippen LogP contribution in [0.3, 0.4) is 0 Å². The second kappa shape index (κ2) is 7.66. The van der Waals surface area contributed by atoms with E-state index in [0.29, 0.717) is 6.42 Å². The van der Waals surface area contributed by atoms with Gasteiger partial charge in [0.05, 0.1) is 0 Å². The number of aliphatic hydroxyl groups excluding tert-OH is 1. The molecule has 1 aliphatic rings. The zero-order valence-corrected chi connectivity index (χ0v) is 10.2. The Kier molecular flexibility index (Phi) is 7.35. The quantitative estimate of drug-likeness (QED) is 0.545. The number of hydrogen-bond donors (Lipinski definition) is 2. The van der Waals surface area contributed by atoms with Crippen molar-refractivity contribution in [1.29, 1.82) is 0 Å². The summed E-state index contributed by atoms with van der Waals surface area (Å²) in [5.74, 6) is 0.767. The zero-order valence-electron chi connectivity index (χ0n) is 10.2. The Morgan fingerprint density at radius 2 is 2.13 bits per heavy atom. The van der Waals surface area contributed by atoms with E-state index < -0.39 is 6.29 Å². The Morgan fingerprint density at radius 1 is 1.60 bits per heavy atom. The largest absolute Gasteiger partial charge is 0.368 e. The van der Waals surface area contributed by atoms with E-state index in [4.69, 9.17) is 10.2 Å². The van der Waals surface area contributed by atoms with Gasteiger partial charge in [-0.05, 0) is 45.4 Å². The highest BCUT2D eigenvalue weighted by Gasteiger charge is 2.11. The van der Waals surface area contributed by atoms with E-state index in [-0.39, 0.29) is 0 Å². The fourth-order valence-corrected chi connectivity index (χ4v) is 1.41. The smallest absolute Gasteiger partial charge is 0.151 e. The summed E-state index contributed by atoms with van der Waals surface area (Å²) in [6, 6.07) is 0. The van der Waals surface area contributed by atoms with Gasteiger partial charge in [0.15, 0.2) is 6.29 Å². The highest BCUT2D eigenvalue weighted by molar-refractivity contribution is 5.09. The summed E-state index contributed by atoms with van der Waals surface area (Å²) in [5.41, 5.74) is 2.90. The molecule has 0 amide bonds. The van der Waals surface area contributed by atoms with Gasteiger partial charge in [-0.25, -0.2) is 0 Å². The topological polar surface area (TPSA) is 40.5 Å². The SMILES string of the molecule is C=C(C)[C@H]1CC=C(C)CC1.CCC(O)O. The van der Waals surface area contributed by atoms with Gasteiger partial charge in [0.25, 0.3) is 0 Å². The average Bonchev–Trinajstić information content (AvgIpc) is 2.19. The molecule has 0 fully saturated rings. The first-order chi connectivity index (χ1) is 6.97. The van der Waals surface area contributed by atoms with E-state index in [1.807, 2.05) is 0 Å². The first kappa shape index (κ1) is 14.4. The fourth-order valence-electron chi connectivity index (χ4n) is 1.41. The summed E-state index contributed by atoms with van der Waals surface area (Å²) in [5, 5.41) is 15.8. The van der Waals surface area contributed by atoms with Gasteiger partial charge >= 0.3 is 0 Å². The molecule has 0 aromatic heterocycles. The Morgan fingerprint density at radius 3 is 2.40 bits per heavy atom. The van der Waals surface area contributed by atoms with Gasteiger partial charge in [-0.15, -0.1) is 0 Å². The van der Waals surface area contributed by atoms with Gasteiger partial charge in [-0.2, -0.15) is 0 Å². The second-order valence-corrected chi connectivity index (χ2v) is 4.26. The van der Waals surface area contributed by atoms with Crippen molar-refractivity contribution in [1.82, 2.24) is 0 Å². The van der Waals surface area contributed by atoms with E-state index in [0.717, 1.165) is 5.92 Å². The molecule has 2 N–H and O–H groups in total. The molecule has 0 aromatic rings. The standard InChI is InChI=1S/C10H16.C3H8O2/c1-8(2)10-6-4-9(3)5-7-10;1-2-3(4)5/h4,10H,1,5-7H2,2-3H3;3-5H,2H2,1H3/t10-;/m0./s1. The lowest BCUT2D eigenvalue weighted by Gasteiger charge is -2.19. The van der Waals surface area contributed by atoms with Gasteiger partial charge in [0.2, 0.25) is 0 Å². The molecule has 1 aliphatic carbocycles. The number of allylic oxidation sites excluding steroid dienone is 3. The summed E-state index contributed by atoms with van der Waals surface area (Å²) in [4.78, 5) is 0. The van der Waals surface area contributed by atoms with Crippen LogP contribution in [-0.4, -0.2) is 16.5 Å². The molecule has 0 bridgehead atoms. The molecule has 0 aromatic carbocycles. The maximum atomic E-state index is 7.92. The summed E-state index contributed by atoms with van der Waals surface area (Å²) in [6.45, 7) is 10.0. The van der Waals surface area contributed by atoms with Crippen LogP contribution in [-0.2, 0) is 0 Å². The lowest BCUT2D eigenvalue weighted by atomic mass is 9.86. The maximum Gasteiger partial charge on any atom is 0.151 e. The Labute approximate surface area is 93.3 Å². The Bertz CT molecular complexity index is 217. The predicted molar refractivity (Wildman–Crippen MR) is 64.4 cm³/mol. The molecule has 2 nitrogen and oxygen atoms in total. The minimum atomic E-state index is -1.12. The maximum absolute atomic E-state index is 7.92. The third kappa shape index (κ3) is 7.34. The van der Waals surface area contributed by atoms with Crippen LogP contribution in [0.5, 0.6) is 0 Å². The molecule has 0 radical (unpaired) electrons. The zero-order chi connectivity index (χ0) is 11.8. The van der Waals surface area contributed by atoms with Crippen LogP contribution in [0.2, 0.25) is 0 Å². The van der Waals surface area contributed by atoms with E-state index >= 15 is 0 Å². The molecule has 0 spiro atoms. The van der Waals surface area contributed by atoms with Crippen molar-refractivity contribution < 1.29 is 10.2 Å². The molecule has 0 aliphatic heterocycles. The van der Waals surface area contributed by atoms with Gasteiger partial charge in [-0.3, -0.25) is 0 Å². The Hall–Kier alpha value is -0.600. The highest BCUT2D eigenvalue weighted by atomic mass is 16.5. The molecule has 0 saturated heterocycles. The predicted octanol–water partition coefficient (Wildman–Crippen LogP) is 3.02. The normalized spacial score (nSPS) is 20.4. The van der Waals surface area contributed by atoms with Crippen LogP contribution in [0.25, 0.3) is 0 Å².